The topological polar surface area (TPSA) is 102 Å². The van der Waals surface area contributed by atoms with Crippen molar-refractivity contribution in [3.05, 3.63) is 58.4 Å². The number of anilines is 1. The summed E-state index contributed by atoms with van der Waals surface area (Å²) < 4.78 is 52.0. The van der Waals surface area contributed by atoms with Gasteiger partial charge in [0.15, 0.2) is 0 Å². The van der Waals surface area contributed by atoms with Crippen LogP contribution < -0.4 is 15.0 Å². The Morgan fingerprint density at radius 1 is 1.13 bits per heavy atom. The Kier molecular flexibility index (Phi) is 8.29. The fourth-order valence-electron chi connectivity index (χ4n) is 5.36. The smallest absolute Gasteiger partial charge is 0.487 e. The van der Waals surface area contributed by atoms with Crippen molar-refractivity contribution in [2.75, 3.05) is 38.1 Å². The monoisotopic (exact) mass is 573 g/mol. The van der Waals surface area contributed by atoms with Crippen LogP contribution in [-0.4, -0.2) is 84.1 Å². The van der Waals surface area contributed by atoms with E-state index < -0.39 is 24.1 Å². The second-order valence-electron chi connectivity index (χ2n) is 9.83. The van der Waals surface area contributed by atoms with Crippen LogP contribution in [0.5, 0.6) is 5.75 Å². The molecule has 0 bridgehead atoms. The van der Waals surface area contributed by atoms with E-state index in [9.17, 15) is 27.5 Å². The van der Waals surface area contributed by atoms with Gasteiger partial charge in [-0.15, -0.1) is 0 Å². The second-order valence-corrected chi connectivity index (χ2v) is 10.3. The van der Waals surface area contributed by atoms with E-state index in [1.165, 1.54) is 18.2 Å². The minimum atomic E-state index is -5.08. The van der Waals surface area contributed by atoms with Crippen LogP contribution in [0.25, 0.3) is 0 Å². The summed E-state index contributed by atoms with van der Waals surface area (Å²) in [5, 5.41) is 21.3. The Labute approximate surface area is 227 Å². The molecule has 1 amide bonds. The number of halogens is 5. The van der Waals surface area contributed by atoms with Crippen molar-refractivity contribution >= 4 is 29.2 Å². The number of carbonyl (C=O) groups is 2. The van der Waals surface area contributed by atoms with Crippen molar-refractivity contribution < 1.29 is 42.1 Å². The second kappa shape index (κ2) is 11.2. The number of nitrogens with zero attached hydrogens (tertiary/aromatic N) is 2. The average molecular weight is 574 g/mol. The lowest BCUT2D eigenvalue weighted by Gasteiger charge is -2.41. The number of carbonyl (C=O) groups excluding carboxylic acids is 1. The van der Waals surface area contributed by atoms with E-state index in [2.05, 4.69) is 10.2 Å². The van der Waals surface area contributed by atoms with Crippen LogP contribution in [0.1, 0.15) is 28.8 Å². The molecule has 2 aromatic carbocycles. The van der Waals surface area contributed by atoms with Crippen molar-refractivity contribution in [2.45, 2.75) is 43.2 Å². The number of nitrogens with one attached hydrogen (secondary N) is 1. The highest BCUT2D eigenvalue weighted by atomic mass is 35.5. The van der Waals surface area contributed by atoms with Crippen LogP contribution >= 0.6 is 11.6 Å². The predicted octanol–water partition coefficient (Wildman–Crippen LogP) is 3.49. The largest absolute Gasteiger partial charge is 0.490 e. The maximum Gasteiger partial charge on any atom is 0.490 e. The summed E-state index contributed by atoms with van der Waals surface area (Å²) in [6, 6.07) is 9.87. The highest BCUT2D eigenvalue weighted by Crippen LogP contribution is 2.42. The van der Waals surface area contributed by atoms with Crippen LogP contribution in [0, 0.1) is 5.82 Å². The summed E-state index contributed by atoms with van der Waals surface area (Å²) in [4.78, 5) is 25.4. The van der Waals surface area contributed by atoms with Crippen molar-refractivity contribution in [1.29, 1.82) is 0 Å². The maximum atomic E-state index is 14.0. The van der Waals surface area contributed by atoms with Crippen LogP contribution in [0.2, 0.25) is 5.02 Å². The lowest BCUT2D eigenvalue weighted by molar-refractivity contribution is -0.192. The Hall–Kier alpha value is -3.09. The third-order valence-corrected chi connectivity index (χ3v) is 7.55. The number of likely N-dealkylation sites (tertiary alicyclic amines) is 1. The zero-order valence-electron chi connectivity index (χ0n) is 21.0. The number of ether oxygens (including phenoxy) is 1. The first-order chi connectivity index (χ1) is 18.3. The van der Waals surface area contributed by atoms with Crippen LogP contribution in [-0.2, 0) is 11.2 Å². The number of carboxylic acids is 1. The van der Waals surface area contributed by atoms with Gasteiger partial charge in [0.25, 0.3) is 5.91 Å². The molecule has 212 valence electrons. The number of piperidine rings is 1. The highest BCUT2D eigenvalue weighted by Gasteiger charge is 2.45. The number of amides is 1. The van der Waals surface area contributed by atoms with Gasteiger partial charge >= 0.3 is 12.1 Å². The van der Waals surface area contributed by atoms with E-state index in [1.54, 1.807) is 7.05 Å². The number of fused-ring (bicyclic) bond motifs is 1. The molecule has 1 spiro atoms. The zero-order valence-corrected chi connectivity index (χ0v) is 21.7. The van der Waals surface area contributed by atoms with Gasteiger partial charge in [-0.2, -0.15) is 13.2 Å². The van der Waals surface area contributed by atoms with Gasteiger partial charge in [-0.1, -0.05) is 11.6 Å². The van der Waals surface area contributed by atoms with Crippen molar-refractivity contribution in [3.8, 4) is 5.75 Å². The predicted molar refractivity (Wildman–Crippen MR) is 135 cm³/mol. The van der Waals surface area contributed by atoms with Gasteiger partial charge < -0.3 is 25.2 Å². The van der Waals surface area contributed by atoms with Gasteiger partial charge in [-0.3, -0.25) is 9.69 Å². The van der Waals surface area contributed by atoms with E-state index >= 15 is 0 Å². The number of benzene rings is 2. The lowest BCUT2D eigenvalue weighted by atomic mass is 9.86. The van der Waals surface area contributed by atoms with E-state index in [0.717, 1.165) is 48.7 Å². The van der Waals surface area contributed by atoms with E-state index in [4.69, 9.17) is 26.2 Å². The minimum absolute atomic E-state index is 0.0774. The quantitative estimate of drug-likeness (QED) is 0.483. The summed E-state index contributed by atoms with van der Waals surface area (Å²) >= 11 is 6.15. The summed E-state index contributed by atoms with van der Waals surface area (Å²) in [5.74, 6) is -2.50. The number of rotatable bonds is 3. The lowest BCUT2D eigenvalue weighted by Crippen LogP contribution is -2.53. The molecular formula is C26H28ClF4N3O5. The molecule has 3 aliphatic rings. The first-order valence-corrected chi connectivity index (χ1v) is 12.7. The Morgan fingerprint density at radius 2 is 1.79 bits per heavy atom. The van der Waals surface area contributed by atoms with E-state index in [-0.39, 0.29) is 17.6 Å². The molecule has 2 aromatic rings. The van der Waals surface area contributed by atoms with Crippen LogP contribution in [0.4, 0.5) is 23.2 Å². The first-order valence-electron chi connectivity index (χ1n) is 12.3. The van der Waals surface area contributed by atoms with Gasteiger partial charge in [0, 0.05) is 57.5 Å². The molecule has 5 rings (SSSR count). The molecule has 13 heteroatoms. The number of aliphatic hydroxyl groups excluding tert-OH is 1. The zero-order chi connectivity index (χ0) is 28.5. The summed E-state index contributed by atoms with van der Waals surface area (Å²) in [7, 11) is 1.55. The number of hydrogen-bond acceptors (Lipinski definition) is 6. The maximum absolute atomic E-state index is 14.0. The normalized spacial score (nSPS) is 22.1. The molecule has 39 heavy (non-hydrogen) atoms. The van der Waals surface area contributed by atoms with E-state index in [0.29, 0.717) is 24.3 Å². The molecule has 8 nitrogen and oxygen atoms in total. The van der Waals surface area contributed by atoms with E-state index in [1.807, 2.05) is 23.1 Å². The van der Waals surface area contributed by atoms with Gasteiger partial charge in [-0.05, 0) is 42.0 Å². The third-order valence-electron chi connectivity index (χ3n) is 7.31. The number of hydrogen-bond donors (Lipinski definition) is 3. The number of aliphatic hydroxyl groups is 1. The van der Waals surface area contributed by atoms with Gasteiger partial charge in [0.05, 0.1) is 23.4 Å². The van der Waals surface area contributed by atoms with Crippen molar-refractivity contribution in [3.63, 3.8) is 0 Å². The van der Waals surface area contributed by atoms with Gasteiger partial charge in [0.2, 0.25) is 0 Å². The Bertz CT molecular complexity index is 1240. The van der Waals surface area contributed by atoms with Crippen molar-refractivity contribution in [2.24, 2.45) is 0 Å². The summed E-state index contributed by atoms with van der Waals surface area (Å²) in [5.41, 5.74) is 1.88. The van der Waals surface area contributed by atoms with Crippen LogP contribution in [0.3, 0.4) is 0 Å². The Morgan fingerprint density at radius 3 is 2.41 bits per heavy atom. The molecule has 3 aliphatic heterocycles. The number of carboxylic acid groups (broad SMARTS) is 1. The summed E-state index contributed by atoms with van der Waals surface area (Å²) in [6.45, 7) is 2.52. The molecule has 0 radical (unpaired) electrons. The third kappa shape index (κ3) is 6.39. The summed E-state index contributed by atoms with van der Waals surface area (Å²) in [6.07, 6.45) is -3.07. The number of aliphatic carboxylic acids is 1. The standard InChI is InChI=1S/C24H27ClFN3O3.C2HF3O2/c1-27-23(31)18-4-3-17(26)11-19(18)29-13-20(21(30)14-29)28-8-6-24(7-9-28)12-15-10-16(25)2-5-22(15)32-24;3-2(4,5)1(6)7/h2-5,10-11,20-21,30H,6-9,12-14H2,1H3,(H,27,31);(H,6,7)/t20?,21-;/m1./s1. The van der Waals surface area contributed by atoms with Crippen molar-refractivity contribution in [1.82, 2.24) is 10.2 Å². The van der Waals surface area contributed by atoms with Gasteiger partial charge in [0.1, 0.15) is 17.2 Å². The molecule has 0 aliphatic carbocycles. The highest BCUT2D eigenvalue weighted by molar-refractivity contribution is 6.30. The molecule has 2 fully saturated rings. The molecule has 0 aromatic heterocycles. The Balaban J connectivity index is 0.000000448. The molecule has 3 heterocycles. The molecular weight excluding hydrogens is 546 g/mol. The first kappa shape index (κ1) is 28.9. The SMILES string of the molecule is CNC(=O)c1ccc(F)cc1N1CC(N2CCC3(CC2)Cc2cc(Cl)ccc2O3)[C@H](O)C1.O=C(O)C(F)(F)F. The molecule has 2 atom stereocenters. The molecule has 1 unspecified atom stereocenters. The minimum Gasteiger partial charge on any atom is -0.487 e. The number of alkyl halides is 3. The molecule has 2 saturated heterocycles. The van der Waals surface area contributed by atoms with Gasteiger partial charge in [-0.25, -0.2) is 9.18 Å². The fraction of sp³-hybridized carbons (Fsp3) is 0.462. The fourth-order valence-corrected chi connectivity index (χ4v) is 5.56. The number of β-amino-alcohol motifs (C(OH)–C–C–N with tert-alkyl or cyclic N) is 1. The molecule has 3 N–H and O–H groups in total. The molecule has 0 saturated carbocycles. The van der Waals surface area contributed by atoms with Crippen LogP contribution in [0.15, 0.2) is 36.4 Å². The average Bonchev–Trinajstić information content (AvgIpc) is 3.43.